The van der Waals surface area contributed by atoms with Crippen molar-refractivity contribution in [3.8, 4) is 6.07 Å². The van der Waals surface area contributed by atoms with Crippen LogP contribution in [0.2, 0.25) is 0 Å². The molecule has 1 N–H and O–H groups in total. The summed E-state index contributed by atoms with van der Waals surface area (Å²) in [4.78, 5) is 19.5. The molecule has 1 aromatic heterocycles. The Kier molecular flexibility index (Phi) is 6.14. The van der Waals surface area contributed by atoms with E-state index >= 15 is 0 Å². The highest BCUT2D eigenvalue weighted by atomic mass is 32.2. The molecule has 1 heterocycles. The van der Waals surface area contributed by atoms with Crippen molar-refractivity contribution in [3.05, 3.63) is 88.4 Å². The predicted molar refractivity (Wildman–Crippen MR) is 130 cm³/mol. The van der Waals surface area contributed by atoms with Crippen LogP contribution >= 0.6 is 11.3 Å². The molecular weight excluding hydrogens is 456 g/mol. The number of nitrogens with zero attached hydrogens (tertiary/aromatic N) is 3. The van der Waals surface area contributed by atoms with Gasteiger partial charge in [0, 0.05) is 10.6 Å². The number of sulfonamides is 1. The van der Waals surface area contributed by atoms with Crippen molar-refractivity contribution >= 4 is 48.9 Å². The van der Waals surface area contributed by atoms with E-state index in [4.69, 9.17) is 5.26 Å². The predicted octanol–water partition coefficient (Wildman–Crippen LogP) is 4.50. The lowest BCUT2D eigenvalue weighted by Crippen LogP contribution is -2.30. The number of fused-ring (bicyclic) bond motifs is 1. The molecular formula is C24H20N4O3S2. The molecule has 166 valence electrons. The summed E-state index contributed by atoms with van der Waals surface area (Å²) >= 11 is 1.30. The number of carbonyl (C=O) groups is 1. The van der Waals surface area contributed by atoms with Gasteiger partial charge in [-0.15, -0.1) is 11.3 Å². The van der Waals surface area contributed by atoms with Crippen LogP contribution in [0.4, 0.5) is 10.8 Å². The van der Waals surface area contributed by atoms with E-state index in [0.29, 0.717) is 22.1 Å². The van der Waals surface area contributed by atoms with E-state index in [9.17, 15) is 13.2 Å². The lowest BCUT2D eigenvalue weighted by molar-refractivity contribution is 0.0977. The van der Waals surface area contributed by atoms with Crippen molar-refractivity contribution in [1.29, 1.82) is 5.26 Å². The maximum atomic E-state index is 12.5. The van der Waals surface area contributed by atoms with Crippen LogP contribution in [0.3, 0.4) is 0 Å². The topological polar surface area (TPSA) is 103 Å². The van der Waals surface area contributed by atoms with Crippen LogP contribution in [0, 0.1) is 18.3 Å². The lowest BCUT2D eigenvalue weighted by atomic mass is 10.0. The second-order valence-corrected chi connectivity index (χ2v) is 10.4. The summed E-state index contributed by atoms with van der Waals surface area (Å²) in [5.74, 6) is -0.762. The molecule has 0 saturated carbocycles. The Morgan fingerprint density at radius 3 is 2.48 bits per heavy atom. The van der Waals surface area contributed by atoms with Gasteiger partial charge in [-0.3, -0.25) is 4.79 Å². The van der Waals surface area contributed by atoms with Crippen LogP contribution in [-0.4, -0.2) is 25.6 Å². The number of rotatable bonds is 6. The molecule has 0 unspecified atom stereocenters. The first-order valence-electron chi connectivity index (χ1n) is 9.99. The van der Waals surface area contributed by atoms with Crippen molar-refractivity contribution in [2.75, 3.05) is 11.2 Å². The maximum absolute atomic E-state index is 12.5. The van der Waals surface area contributed by atoms with Gasteiger partial charge in [-0.2, -0.15) is 5.26 Å². The molecule has 3 aromatic carbocycles. The average molecular weight is 477 g/mol. The molecule has 0 bridgehead atoms. The van der Waals surface area contributed by atoms with E-state index in [1.54, 1.807) is 19.1 Å². The van der Waals surface area contributed by atoms with Gasteiger partial charge in [0.2, 0.25) is 10.0 Å². The number of hydrogen-bond donors (Lipinski definition) is 1. The molecule has 0 aliphatic rings. The highest BCUT2D eigenvalue weighted by Gasteiger charge is 2.22. The van der Waals surface area contributed by atoms with Gasteiger partial charge in [0.05, 0.1) is 24.4 Å². The van der Waals surface area contributed by atoms with Crippen molar-refractivity contribution in [2.45, 2.75) is 13.5 Å². The van der Waals surface area contributed by atoms with Crippen molar-refractivity contribution in [2.24, 2.45) is 0 Å². The third-order valence-corrected chi connectivity index (χ3v) is 6.58. The van der Waals surface area contributed by atoms with Gasteiger partial charge < -0.3 is 4.90 Å². The number of aromatic nitrogens is 1. The Morgan fingerprint density at radius 1 is 1.09 bits per heavy atom. The maximum Gasteiger partial charge on any atom is 0.284 e. The highest BCUT2D eigenvalue weighted by Crippen LogP contribution is 2.34. The third kappa shape index (κ3) is 5.03. The molecule has 9 heteroatoms. The summed E-state index contributed by atoms with van der Waals surface area (Å²) < 4.78 is 25.0. The molecule has 7 nitrogen and oxygen atoms in total. The SMILES string of the molecule is Cc1sc(N(Cc2cccc3ccccc23)c2ccc(C#N)cc2)nc1C(=O)NS(C)(=O)=O. The molecule has 0 fully saturated rings. The van der Waals surface area contributed by atoms with Gasteiger partial charge in [-0.05, 0) is 47.5 Å². The standard InChI is InChI=1S/C24H20N4O3S2/c1-16-22(23(29)27-33(2,30)31)26-24(32-16)28(20-12-10-17(14-25)11-13-20)15-19-8-5-7-18-6-3-4-9-21(18)19/h3-13H,15H2,1-2H3,(H,27,29). The molecule has 33 heavy (non-hydrogen) atoms. The molecule has 0 spiro atoms. The number of aryl methyl sites for hydroxylation is 1. The Morgan fingerprint density at radius 2 is 1.79 bits per heavy atom. The number of thiazole rings is 1. The number of benzene rings is 3. The van der Waals surface area contributed by atoms with E-state index in [1.807, 2.05) is 58.2 Å². The van der Waals surface area contributed by atoms with E-state index in [1.165, 1.54) is 11.3 Å². The normalized spacial score (nSPS) is 11.2. The second kappa shape index (κ2) is 9.02. The van der Waals surface area contributed by atoms with E-state index in [-0.39, 0.29) is 5.69 Å². The Hall–Kier alpha value is -3.74. The zero-order valence-corrected chi connectivity index (χ0v) is 19.6. The van der Waals surface area contributed by atoms with Crippen LogP contribution in [0.1, 0.15) is 26.5 Å². The number of anilines is 2. The first-order chi connectivity index (χ1) is 15.7. The quantitative estimate of drug-likeness (QED) is 0.439. The minimum absolute atomic E-state index is 0.0667. The van der Waals surface area contributed by atoms with Gasteiger partial charge in [-0.25, -0.2) is 18.1 Å². The molecule has 0 aliphatic carbocycles. The molecule has 0 radical (unpaired) electrons. The molecule has 0 saturated heterocycles. The largest absolute Gasteiger partial charge is 0.313 e. The first kappa shape index (κ1) is 22.5. The number of carbonyl (C=O) groups excluding carboxylic acids is 1. The minimum atomic E-state index is -3.71. The van der Waals surface area contributed by atoms with Crippen molar-refractivity contribution < 1.29 is 13.2 Å². The minimum Gasteiger partial charge on any atom is -0.313 e. The van der Waals surface area contributed by atoms with Crippen LogP contribution < -0.4 is 9.62 Å². The third-order valence-electron chi connectivity index (χ3n) is 5.03. The fraction of sp³-hybridized carbons (Fsp3) is 0.125. The Balaban J connectivity index is 1.79. The summed E-state index contributed by atoms with van der Waals surface area (Å²) in [7, 11) is -3.71. The lowest BCUT2D eigenvalue weighted by Gasteiger charge is -2.23. The van der Waals surface area contributed by atoms with Gasteiger partial charge >= 0.3 is 0 Å². The molecule has 0 atom stereocenters. The van der Waals surface area contributed by atoms with Gasteiger partial charge in [0.1, 0.15) is 5.69 Å². The molecule has 0 aliphatic heterocycles. The van der Waals surface area contributed by atoms with E-state index < -0.39 is 15.9 Å². The van der Waals surface area contributed by atoms with Gasteiger partial charge in [-0.1, -0.05) is 42.5 Å². The van der Waals surface area contributed by atoms with Crippen molar-refractivity contribution in [3.63, 3.8) is 0 Å². The van der Waals surface area contributed by atoms with Crippen LogP contribution in [0.15, 0.2) is 66.7 Å². The second-order valence-electron chi connectivity index (χ2n) is 7.49. The zero-order chi connectivity index (χ0) is 23.6. The van der Waals surface area contributed by atoms with Crippen LogP contribution in [0.5, 0.6) is 0 Å². The van der Waals surface area contributed by atoms with Crippen LogP contribution in [0.25, 0.3) is 10.8 Å². The number of nitriles is 1. The zero-order valence-electron chi connectivity index (χ0n) is 17.9. The summed E-state index contributed by atoms with van der Waals surface area (Å²) in [6, 6.07) is 23.4. The summed E-state index contributed by atoms with van der Waals surface area (Å²) in [5, 5.41) is 11.9. The highest BCUT2D eigenvalue weighted by molar-refractivity contribution is 7.89. The summed E-state index contributed by atoms with van der Waals surface area (Å²) in [6.07, 6.45) is 0.928. The Labute approximate surface area is 196 Å². The molecule has 4 rings (SSSR count). The van der Waals surface area contributed by atoms with Crippen molar-refractivity contribution in [1.82, 2.24) is 9.71 Å². The van der Waals surface area contributed by atoms with E-state index in [2.05, 4.69) is 17.1 Å². The number of amides is 1. The smallest absolute Gasteiger partial charge is 0.284 e. The molecule has 4 aromatic rings. The van der Waals surface area contributed by atoms with Crippen LogP contribution in [-0.2, 0) is 16.6 Å². The first-order valence-corrected chi connectivity index (χ1v) is 12.7. The molecule has 1 amide bonds. The summed E-state index contributed by atoms with van der Waals surface area (Å²) in [6.45, 7) is 2.20. The van der Waals surface area contributed by atoms with E-state index in [0.717, 1.165) is 28.3 Å². The van der Waals surface area contributed by atoms with Gasteiger partial charge in [0.15, 0.2) is 5.13 Å². The number of hydrogen-bond acceptors (Lipinski definition) is 7. The fourth-order valence-corrected chi connectivity index (χ4v) is 4.87. The summed E-state index contributed by atoms with van der Waals surface area (Å²) in [5.41, 5.74) is 2.46. The number of nitrogens with one attached hydrogen (secondary N) is 1. The Bertz CT molecular complexity index is 1480. The van der Waals surface area contributed by atoms with Gasteiger partial charge in [0.25, 0.3) is 5.91 Å². The average Bonchev–Trinajstić information content (AvgIpc) is 3.18. The monoisotopic (exact) mass is 476 g/mol. The fourth-order valence-electron chi connectivity index (χ4n) is 3.51.